The number of aromatic nitrogens is 2. The Balaban J connectivity index is 2.07. The van der Waals surface area contributed by atoms with Crippen LogP contribution in [0.4, 0.5) is 0 Å². The molecule has 1 N–H and O–H groups in total. The number of rotatable bonds is 7. The van der Waals surface area contributed by atoms with Crippen LogP contribution in [0.2, 0.25) is 0 Å². The molecule has 1 aromatic heterocycles. The zero-order chi connectivity index (χ0) is 13.7. The van der Waals surface area contributed by atoms with Crippen molar-refractivity contribution in [2.24, 2.45) is 0 Å². The van der Waals surface area contributed by atoms with Crippen molar-refractivity contribution >= 4 is 11.0 Å². The molecule has 1 heterocycles. The Morgan fingerprint density at radius 1 is 1.32 bits per heavy atom. The second-order valence-corrected chi connectivity index (χ2v) is 5.02. The van der Waals surface area contributed by atoms with Gasteiger partial charge in [-0.1, -0.05) is 19.1 Å². The number of imidazole rings is 1. The van der Waals surface area contributed by atoms with Gasteiger partial charge in [-0.25, -0.2) is 4.98 Å². The van der Waals surface area contributed by atoms with Crippen LogP contribution in [-0.2, 0) is 11.3 Å². The van der Waals surface area contributed by atoms with Crippen molar-refractivity contribution < 1.29 is 4.74 Å². The highest BCUT2D eigenvalue weighted by atomic mass is 16.5. The van der Waals surface area contributed by atoms with Gasteiger partial charge in [-0.2, -0.15) is 0 Å². The summed E-state index contributed by atoms with van der Waals surface area (Å²) in [6.07, 6.45) is 2.17. The van der Waals surface area contributed by atoms with E-state index in [1.807, 2.05) is 24.5 Å². The van der Waals surface area contributed by atoms with E-state index in [9.17, 15) is 0 Å². The molecule has 4 heteroatoms. The molecule has 1 unspecified atom stereocenters. The number of hydrogen-bond donors (Lipinski definition) is 1. The molecule has 0 radical (unpaired) electrons. The van der Waals surface area contributed by atoms with Gasteiger partial charge in [-0.3, -0.25) is 0 Å². The van der Waals surface area contributed by atoms with Crippen molar-refractivity contribution in [2.75, 3.05) is 13.2 Å². The van der Waals surface area contributed by atoms with Crippen LogP contribution in [-0.4, -0.2) is 34.8 Å². The summed E-state index contributed by atoms with van der Waals surface area (Å²) in [7, 11) is 0. The molecule has 0 aliphatic carbocycles. The Bertz CT molecular complexity index is 507. The van der Waals surface area contributed by atoms with Crippen LogP contribution in [0.5, 0.6) is 0 Å². The van der Waals surface area contributed by atoms with E-state index in [2.05, 4.69) is 41.7 Å². The summed E-state index contributed by atoms with van der Waals surface area (Å²) in [6.45, 7) is 8.79. The summed E-state index contributed by atoms with van der Waals surface area (Å²) in [5.41, 5.74) is 2.22. The maximum Gasteiger partial charge on any atom is 0.0958 e. The molecule has 2 aromatic rings. The number of para-hydroxylation sites is 2. The van der Waals surface area contributed by atoms with E-state index in [1.54, 1.807) is 0 Å². The van der Waals surface area contributed by atoms with Gasteiger partial charge < -0.3 is 14.6 Å². The number of benzene rings is 1. The normalized spacial score (nSPS) is 13.3. The van der Waals surface area contributed by atoms with Crippen molar-refractivity contribution in [3.8, 4) is 0 Å². The topological polar surface area (TPSA) is 39.1 Å². The van der Waals surface area contributed by atoms with Crippen LogP contribution in [0.25, 0.3) is 11.0 Å². The number of nitrogens with one attached hydrogen (secondary N) is 1. The maximum atomic E-state index is 5.72. The summed E-state index contributed by atoms with van der Waals surface area (Å²) in [5, 5.41) is 3.47. The molecule has 2 rings (SSSR count). The fourth-order valence-electron chi connectivity index (χ4n) is 2.17. The van der Waals surface area contributed by atoms with E-state index in [0.717, 1.165) is 25.2 Å². The van der Waals surface area contributed by atoms with Crippen LogP contribution in [0, 0.1) is 0 Å². The second kappa shape index (κ2) is 6.68. The Morgan fingerprint density at radius 2 is 2.11 bits per heavy atom. The first kappa shape index (κ1) is 14.0. The Morgan fingerprint density at radius 3 is 2.84 bits per heavy atom. The molecule has 0 saturated carbocycles. The molecule has 0 aliphatic rings. The highest BCUT2D eigenvalue weighted by molar-refractivity contribution is 5.74. The number of nitrogens with zero attached hydrogens (tertiary/aromatic N) is 2. The van der Waals surface area contributed by atoms with E-state index in [4.69, 9.17) is 4.74 Å². The zero-order valence-corrected chi connectivity index (χ0v) is 12.0. The Labute approximate surface area is 114 Å². The minimum atomic E-state index is 0.265. The van der Waals surface area contributed by atoms with Gasteiger partial charge in [0, 0.05) is 12.6 Å². The summed E-state index contributed by atoms with van der Waals surface area (Å²) in [6, 6.07) is 8.52. The minimum Gasteiger partial charge on any atom is -0.377 e. The number of likely N-dealkylation sites (N-methyl/N-ethyl adjacent to an activating group) is 1. The number of hydrogen-bond acceptors (Lipinski definition) is 3. The van der Waals surface area contributed by atoms with Gasteiger partial charge in [-0.05, 0) is 32.5 Å². The van der Waals surface area contributed by atoms with Crippen molar-refractivity contribution in [1.29, 1.82) is 0 Å². The summed E-state index contributed by atoms with van der Waals surface area (Å²) >= 11 is 0. The van der Waals surface area contributed by atoms with Crippen molar-refractivity contribution in [1.82, 2.24) is 14.9 Å². The van der Waals surface area contributed by atoms with Gasteiger partial charge in [0.25, 0.3) is 0 Å². The quantitative estimate of drug-likeness (QED) is 0.832. The lowest BCUT2D eigenvalue weighted by Gasteiger charge is -2.20. The molecule has 0 fully saturated rings. The van der Waals surface area contributed by atoms with Crippen LogP contribution in [0.3, 0.4) is 0 Å². The van der Waals surface area contributed by atoms with Gasteiger partial charge in [0.1, 0.15) is 0 Å². The SMILES string of the molecule is CCNC(COC(C)C)Cn1cnc2ccccc21. The highest BCUT2D eigenvalue weighted by Gasteiger charge is 2.11. The van der Waals surface area contributed by atoms with Crippen LogP contribution in [0.1, 0.15) is 20.8 Å². The second-order valence-electron chi connectivity index (χ2n) is 5.02. The van der Waals surface area contributed by atoms with Crippen molar-refractivity contribution in [3.63, 3.8) is 0 Å². The molecular weight excluding hydrogens is 238 g/mol. The molecule has 4 nitrogen and oxygen atoms in total. The lowest BCUT2D eigenvalue weighted by molar-refractivity contribution is 0.0583. The third kappa shape index (κ3) is 3.78. The van der Waals surface area contributed by atoms with Crippen LogP contribution in [0.15, 0.2) is 30.6 Å². The average molecular weight is 261 g/mol. The first-order valence-corrected chi connectivity index (χ1v) is 6.95. The molecule has 19 heavy (non-hydrogen) atoms. The zero-order valence-electron chi connectivity index (χ0n) is 12.0. The molecule has 0 saturated heterocycles. The number of fused-ring (bicyclic) bond motifs is 1. The van der Waals surface area contributed by atoms with Gasteiger partial charge in [0.05, 0.1) is 30.1 Å². The summed E-state index contributed by atoms with van der Waals surface area (Å²) < 4.78 is 7.91. The van der Waals surface area contributed by atoms with Gasteiger partial charge in [0.15, 0.2) is 0 Å². The third-order valence-electron chi connectivity index (χ3n) is 3.07. The van der Waals surface area contributed by atoms with E-state index >= 15 is 0 Å². The fourth-order valence-corrected chi connectivity index (χ4v) is 2.17. The van der Waals surface area contributed by atoms with Gasteiger partial charge in [-0.15, -0.1) is 0 Å². The van der Waals surface area contributed by atoms with Crippen molar-refractivity contribution in [3.05, 3.63) is 30.6 Å². The van der Waals surface area contributed by atoms with E-state index in [1.165, 1.54) is 5.52 Å². The fraction of sp³-hybridized carbons (Fsp3) is 0.533. The van der Waals surface area contributed by atoms with Crippen molar-refractivity contribution in [2.45, 2.75) is 39.5 Å². The number of ether oxygens (including phenoxy) is 1. The molecule has 0 amide bonds. The lowest BCUT2D eigenvalue weighted by Crippen LogP contribution is -2.37. The predicted octanol–water partition coefficient (Wildman–Crippen LogP) is 2.44. The van der Waals surface area contributed by atoms with E-state index < -0.39 is 0 Å². The molecule has 1 atom stereocenters. The maximum absolute atomic E-state index is 5.72. The summed E-state index contributed by atoms with van der Waals surface area (Å²) in [4.78, 5) is 4.42. The minimum absolute atomic E-state index is 0.265. The van der Waals surface area contributed by atoms with Gasteiger partial charge in [0.2, 0.25) is 0 Å². The summed E-state index contributed by atoms with van der Waals surface area (Å²) in [5.74, 6) is 0. The van der Waals surface area contributed by atoms with Crippen LogP contribution < -0.4 is 5.32 Å². The molecule has 0 bridgehead atoms. The molecular formula is C15H23N3O. The first-order valence-electron chi connectivity index (χ1n) is 6.95. The largest absolute Gasteiger partial charge is 0.377 e. The van der Waals surface area contributed by atoms with E-state index in [-0.39, 0.29) is 6.10 Å². The third-order valence-corrected chi connectivity index (χ3v) is 3.07. The molecule has 104 valence electrons. The van der Waals surface area contributed by atoms with Gasteiger partial charge >= 0.3 is 0 Å². The van der Waals surface area contributed by atoms with E-state index in [0.29, 0.717) is 6.04 Å². The molecule has 1 aromatic carbocycles. The average Bonchev–Trinajstić information content (AvgIpc) is 2.80. The van der Waals surface area contributed by atoms with Crippen LogP contribution >= 0.6 is 0 Å². The monoisotopic (exact) mass is 261 g/mol. The Kier molecular flexibility index (Phi) is 4.93. The highest BCUT2D eigenvalue weighted by Crippen LogP contribution is 2.12. The smallest absolute Gasteiger partial charge is 0.0958 e. The standard InChI is InChI=1S/C15H23N3O/c1-4-16-13(10-19-12(2)3)9-18-11-17-14-7-5-6-8-15(14)18/h5-8,11-13,16H,4,9-10H2,1-3H3. The molecule has 0 aliphatic heterocycles. The Hall–Kier alpha value is -1.39. The molecule has 0 spiro atoms. The lowest BCUT2D eigenvalue weighted by atomic mass is 10.2. The predicted molar refractivity (Wildman–Crippen MR) is 78.3 cm³/mol. The first-order chi connectivity index (χ1) is 9.20.